The Kier molecular flexibility index (Phi) is 5.78. The van der Waals surface area contributed by atoms with E-state index in [-0.39, 0.29) is 5.91 Å². The maximum atomic E-state index is 11.8. The highest BCUT2D eigenvalue weighted by Gasteiger charge is 2.25. The van der Waals surface area contributed by atoms with E-state index in [4.69, 9.17) is 4.74 Å². The van der Waals surface area contributed by atoms with Gasteiger partial charge in [0.25, 0.3) is 0 Å². The Morgan fingerprint density at radius 1 is 1.24 bits per heavy atom. The summed E-state index contributed by atoms with van der Waals surface area (Å²) in [6.45, 7) is 9.44. The van der Waals surface area contributed by atoms with E-state index in [0.29, 0.717) is 13.0 Å². The van der Waals surface area contributed by atoms with Crippen molar-refractivity contribution in [2.45, 2.75) is 52.2 Å². The molecule has 1 rings (SSSR count). The van der Waals surface area contributed by atoms with Gasteiger partial charge in [0.05, 0.1) is 12.0 Å². The molecule has 0 spiro atoms. The van der Waals surface area contributed by atoms with Crippen molar-refractivity contribution >= 4 is 23.3 Å². The van der Waals surface area contributed by atoms with Crippen LogP contribution in [0, 0.1) is 0 Å². The highest BCUT2D eigenvalue weighted by atomic mass is 32.1. The van der Waals surface area contributed by atoms with Gasteiger partial charge in [0.15, 0.2) is 0 Å². The van der Waals surface area contributed by atoms with Crippen LogP contribution < -0.4 is 10.6 Å². The van der Waals surface area contributed by atoms with Gasteiger partial charge in [-0.05, 0) is 46.1 Å². The number of thiophene rings is 1. The number of nitrogens with one attached hydrogen (secondary N) is 2. The summed E-state index contributed by atoms with van der Waals surface area (Å²) in [7, 11) is 0. The van der Waals surface area contributed by atoms with E-state index >= 15 is 0 Å². The number of hydrogen-bond acceptors (Lipinski definition) is 4. The summed E-state index contributed by atoms with van der Waals surface area (Å²) in [5.41, 5.74) is -1.12. The monoisotopic (exact) mass is 312 g/mol. The molecule has 0 saturated heterocycles. The molecule has 0 unspecified atom stereocenters. The van der Waals surface area contributed by atoms with Gasteiger partial charge in [-0.25, -0.2) is 4.79 Å². The van der Waals surface area contributed by atoms with Gasteiger partial charge in [0.1, 0.15) is 5.60 Å². The minimum Gasteiger partial charge on any atom is -0.444 e. The molecule has 0 bridgehead atoms. The minimum atomic E-state index is -0.576. The van der Waals surface area contributed by atoms with Crippen LogP contribution in [0.2, 0.25) is 0 Å². The molecule has 0 aromatic carbocycles. The molecule has 0 atom stereocenters. The first kappa shape index (κ1) is 17.5. The van der Waals surface area contributed by atoms with Gasteiger partial charge in [-0.2, -0.15) is 0 Å². The second-order valence-corrected chi connectivity index (χ2v) is 7.58. The summed E-state index contributed by atoms with van der Waals surface area (Å²) < 4.78 is 5.20. The van der Waals surface area contributed by atoms with Crippen LogP contribution in [0.25, 0.3) is 0 Å². The van der Waals surface area contributed by atoms with Crippen LogP contribution in [0.1, 0.15) is 39.5 Å². The molecule has 1 aromatic rings. The lowest BCUT2D eigenvalue weighted by molar-refractivity contribution is -0.120. The lowest BCUT2D eigenvalue weighted by atomic mass is 10.1. The number of alkyl carbamates (subject to hydrolysis) is 1. The zero-order chi connectivity index (χ0) is 16.1. The number of carbonyl (C=O) groups is 2. The average molecular weight is 312 g/mol. The molecule has 6 heteroatoms. The van der Waals surface area contributed by atoms with Gasteiger partial charge in [-0.15, -0.1) is 11.3 Å². The molecular weight excluding hydrogens is 288 g/mol. The lowest BCUT2D eigenvalue weighted by Crippen LogP contribution is -2.52. The third-order valence-electron chi connectivity index (χ3n) is 2.48. The van der Waals surface area contributed by atoms with Crippen molar-refractivity contribution in [3.05, 3.63) is 22.4 Å². The second-order valence-electron chi connectivity index (χ2n) is 6.54. The number of hydrogen-bond donors (Lipinski definition) is 2. The molecule has 1 heterocycles. The fourth-order valence-corrected chi connectivity index (χ4v) is 2.28. The van der Waals surface area contributed by atoms with Crippen molar-refractivity contribution in [3.8, 4) is 0 Å². The predicted octanol–water partition coefficient (Wildman–Crippen LogP) is 2.71. The summed E-state index contributed by atoms with van der Waals surface area (Å²) in [4.78, 5) is 24.6. The Balaban J connectivity index is 2.38. The van der Waals surface area contributed by atoms with Crippen molar-refractivity contribution in [1.29, 1.82) is 0 Å². The summed E-state index contributed by atoms with van der Waals surface area (Å²) in [5.74, 6) is -0.0588. The van der Waals surface area contributed by atoms with Gasteiger partial charge in [0, 0.05) is 11.4 Å². The Hall–Kier alpha value is -1.56. The number of ether oxygens (including phenoxy) is 1. The van der Waals surface area contributed by atoms with Crippen molar-refractivity contribution in [2.24, 2.45) is 0 Å². The van der Waals surface area contributed by atoms with Crippen LogP contribution in [0.3, 0.4) is 0 Å². The van der Waals surface area contributed by atoms with E-state index in [1.54, 1.807) is 11.3 Å². The first-order valence-corrected chi connectivity index (χ1v) is 7.76. The van der Waals surface area contributed by atoms with E-state index in [2.05, 4.69) is 10.6 Å². The Labute approximate surface area is 130 Å². The van der Waals surface area contributed by atoms with Crippen LogP contribution in [0.5, 0.6) is 0 Å². The van der Waals surface area contributed by atoms with Gasteiger partial charge in [-0.3, -0.25) is 4.79 Å². The lowest BCUT2D eigenvalue weighted by Gasteiger charge is -2.28. The topological polar surface area (TPSA) is 67.4 Å². The van der Waals surface area contributed by atoms with Crippen LogP contribution >= 0.6 is 11.3 Å². The fourth-order valence-electron chi connectivity index (χ4n) is 1.58. The molecule has 5 nitrogen and oxygen atoms in total. The molecule has 118 valence electrons. The highest BCUT2D eigenvalue weighted by molar-refractivity contribution is 7.10. The zero-order valence-corrected chi connectivity index (χ0v) is 14.1. The summed E-state index contributed by atoms with van der Waals surface area (Å²) in [5, 5.41) is 7.52. The van der Waals surface area contributed by atoms with Crippen molar-refractivity contribution in [2.75, 3.05) is 6.54 Å². The maximum absolute atomic E-state index is 11.8. The Bertz CT molecular complexity index is 476. The Morgan fingerprint density at radius 3 is 2.43 bits per heavy atom. The van der Waals surface area contributed by atoms with Crippen LogP contribution in [-0.4, -0.2) is 29.7 Å². The quantitative estimate of drug-likeness (QED) is 0.878. The molecule has 1 aromatic heterocycles. The zero-order valence-electron chi connectivity index (χ0n) is 13.3. The highest BCUT2D eigenvalue weighted by Crippen LogP contribution is 2.10. The minimum absolute atomic E-state index is 0.0588. The molecule has 0 radical (unpaired) electrons. The number of amides is 2. The normalized spacial score (nSPS) is 11.9. The average Bonchev–Trinajstić information content (AvgIpc) is 2.75. The van der Waals surface area contributed by atoms with Gasteiger partial charge in [-0.1, -0.05) is 6.07 Å². The van der Waals surface area contributed by atoms with E-state index in [0.717, 1.165) is 4.88 Å². The molecular formula is C15H24N2O3S. The molecule has 2 amide bonds. The van der Waals surface area contributed by atoms with E-state index in [9.17, 15) is 9.59 Å². The second kappa shape index (κ2) is 6.93. The molecule has 0 aliphatic rings. The molecule has 21 heavy (non-hydrogen) atoms. The SMILES string of the molecule is CC(C)(CNC(=O)Cc1cccs1)NC(=O)OC(C)(C)C. The largest absolute Gasteiger partial charge is 0.444 e. The third kappa shape index (κ3) is 7.70. The molecule has 0 aliphatic carbocycles. The summed E-state index contributed by atoms with van der Waals surface area (Å²) >= 11 is 1.55. The molecule has 0 fully saturated rings. The maximum Gasteiger partial charge on any atom is 0.408 e. The summed E-state index contributed by atoms with van der Waals surface area (Å²) in [6.07, 6.45) is -0.125. The van der Waals surface area contributed by atoms with Gasteiger partial charge < -0.3 is 15.4 Å². The standard InChI is InChI=1S/C15H24N2O3S/c1-14(2,3)20-13(19)17-15(4,5)10-16-12(18)9-11-7-6-8-21-11/h6-8H,9-10H2,1-5H3,(H,16,18)(H,17,19). The van der Waals surface area contributed by atoms with Gasteiger partial charge >= 0.3 is 6.09 Å². The van der Waals surface area contributed by atoms with E-state index < -0.39 is 17.2 Å². The third-order valence-corrected chi connectivity index (χ3v) is 3.36. The van der Waals surface area contributed by atoms with Crippen molar-refractivity contribution in [3.63, 3.8) is 0 Å². The molecule has 0 saturated carbocycles. The van der Waals surface area contributed by atoms with Crippen molar-refractivity contribution in [1.82, 2.24) is 10.6 Å². The first-order chi connectivity index (χ1) is 9.57. The predicted molar refractivity (Wildman–Crippen MR) is 84.5 cm³/mol. The molecule has 2 N–H and O–H groups in total. The first-order valence-electron chi connectivity index (χ1n) is 6.88. The molecule has 0 aliphatic heterocycles. The summed E-state index contributed by atoms with van der Waals surface area (Å²) in [6, 6.07) is 3.84. The van der Waals surface area contributed by atoms with Crippen LogP contribution in [0.4, 0.5) is 4.79 Å². The Morgan fingerprint density at radius 2 is 1.90 bits per heavy atom. The van der Waals surface area contributed by atoms with Crippen molar-refractivity contribution < 1.29 is 14.3 Å². The number of carbonyl (C=O) groups excluding carboxylic acids is 2. The van der Waals surface area contributed by atoms with Gasteiger partial charge in [0.2, 0.25) is 5.91 Å². The number of rotatable bonds is 5. The van der Waals surface area contributed by atoms with Crippen LogP contribution in [-0.2, 0) is 16.0 Å². The van der Waals surface area contributed by atoms with E-state index in [1.807, 2.05) is 52.1 Å². The van der Waals surface area contributed by atoms with Crippen LogP contribution in [0.15, 0.2) is 17.5 Å². The van der Waals surface area contributed by atoms with E-state index in [1.165, 1.54) is 0 Å². The fraction of sp³-hybridized carbons (Fsp3) is 0.600. The smallest absolute Gasteiger partial charge is 0.408 e.